The smallest absolute Gasteiger partial charge is 0.254 e. The highest BCUT2D eigenvalue weighted by molar-refractivity contribution is 6.30. The van der Waals surface area contributed by atoms with Crippen molar-refractivity contribution in [2.45, 2.75) is 25.3 Å². The second-order valence-corrected chi connectivity index (χ2v) is 4.99. The molecule has 1 saturated heterocycles. The highest BCUT2D eigenvalue weighted by Crippen LogP contribution is 2.19. The summed E-state index contributed by atoms with van der Waals surface area (Å²) in [6.07, 6.45) is 3.00. The number of amides is 1. The van der Waals surface area contributed by atoms with Gasteiger partial charge >= 0.3 is 0 Å². The van der Waals surface area contributed by atoms with E-state index in [2.05, 4.69) is 10.6 Å². The third kappa shape index (κ3) is 3.64. The van der Waals surface area contributed by atoms with E-state index in [1.54, 1.807) is 0 Å². The topological polar surface area (TPSA) is 41.1 Å². The molecule has 1 aliphatic heterocycles. The molecule has 1 fully saturated rings. The minimum atomic E-state index is -0.817. The summed E-state index contributed by atoms with van der Waals surface area (Å²) in [5, 5.41) is 5.55. The van der Waals surface area contributed by atoms with Gasteiger partial charge in [0.1, 0.15) is 11.6 Å². The lowest BCUT2D eigenvalue weighted by atomic mass is 10.1. The van der Waals surface area contributed by atoms with Gasteiger partial charge in [-0.15, -0.1) is 0 Å². The monoisotopic (exact) mass is 288 g/mol. The fourth-order valence-electron chi connectivity index (χ4n) is 2.15. The van der Waals surface area contributed by atoms with Gasteiger partial charge in [-0.1, -0.05) is 11.6 Å². The Morgan fingerprint density at radius 3 is 2.89 bits per heavy atom. The molecule has 0 aliphatic carbocycles. The number of benzene rings is 1. The summed E-state index contributed by atoms with van der Waals surface area (Å²) in [6.45, 7) is 1.43. The standard InChI is InChI=1S/C13H15ClF2N2O/c14-10-7-11(15)9(6-12(10)16)13(19)18-5-3-8-2-1-4-17-8/h6-8,17H,1-5H2,(H,18,19)/t8-/m0/s1. The molecule has 1 atom stereocenters. The number of carbonyl (C=O) groups excluding carboxylic acids is 1. The Morgan fingerprint density at radius 2 is 2.21 bits per heavy atom. The summed E-state index contributed by atoms with van der Waals surface area (Å²) in [5.41, 5.74) is -0.318. The lowest BCUT2D eigenvalue weighted by Gasteiger charge is -2.11. The van der Waals surface area contributed by atoms with E-state index in [0.717, 1.165) is 37.9 Å². The summed E-state index contributed by atoms with van der Waals surface area (Å²) in [7, 11) is 0. The van der Waals surface area contributed by atoms with Gasteiger partial charge in [-0.2, -0.15) is 0 Å². The van der Waals surface area contributed by atoms with Crippen molar-refractivity contribution in [1.29, 1.82) is 0 Å². The molecule has 0 unspecified atom stereocenters. The zero-order valence-electron chi connectivity index (χ0n) is 10.3. The lowest BCUT2D eigenvalue weighted by Crippen LogP contribution is -2.31. The maximum absolute atomic E-state index is 13.5. The Balaban J connectivity index is 1.90. The number of hydrogen-bond acceptors (Lipinski definition) is 2. The van der Waals surface area contributed by atoms with Crippen LogP contribution in [0.15, 0.2) is 12.1 Å². The Labute approximate surface area is 115 Å². The first-order valence-corrected chi connectivity index (χ1v) is 6.62. The van der Waals surface area contributed by atoms with Crippen molar-refractivity contribution in [3.05, 3.63) is 34.4 Å². The van der Waals surface area contributed by atoms with Crippen LogP contribution < -0.4 is 10.6 Å². The summed E-state index contributed by atoms with van der Waals surface area (Å²) in [6, 6.07) is 2.03. The first kappa shape index (κ1) is 14.2. The van der Waals surface area contributed by atoms with E-state index >= 15 is 0 Å². The number of carbonyl (C=O) groups is 1. The van der Waals surface area contributed by atoms with Crippen molar-refractivity contribution in [3.63, 3.8) is 0 Å². The van der Waals surface area contributed by atoms with E-state index in [1.807, 2.05) is 0 Å². The molecule has 0 bridgehead atoms. The third-order valence-corrected chi connectivity index (χ3v) is 3.48. The third-order valence-electron chi connectivity index (χ3n) is 3.20. The van der Waals surface area contributed by atoms with Gasteiger partial charge in [0.2, 0.25) is 0 Å². The number of halogens is 3. The van der Waals surface area contributed by atoms with Gasteiger partial charge in [-0.25, -0.2) is 8.78 Å². The SMILES string of the molecule is O=C(NCC[C@@H]1CCCN1)c1cc(F)c(Cl)cc1F. The van der Waals surface area contributed by atoms with Crippen LogP contribution in [-0.2, 0) is 0 Å². The first-order chi connectivity index (χ1) is 9.08. The van der Waals surface area contributed by atoms with Crippen molar-refractivity contribution in [2.75, 3.05) is 13.1 Å². The molecular formula is C13H15ClF2N2O. The molecule has 104 valence electrons. The van der Waals surface area contributed by atoms with E-state index in [1.165, 1.54) is 0 Å². The van der Waals surface area contributed by atoms with Gasteiger partial charge in [0.15, 0.2) is 0 Å². The zero-order chi connectivity index (χ0) is 13.8. The Hall–Kier alpha value is -1.20. The van der Waals surface area contributed by atoms with Crippen LogP contribution in [0.4, 0.5) is 8.78 Å². The van der Waals surface area contributed by atoms with E-state index in [4.69, 9.17) is 11.6 Å². The molecule has 2 N–H and O–H groups in total. The van der Waals surface area contributed by atoms with Gasteiger partial charge in [0.25, 0.3) is 5.91 Å². The van der Waals surface area contributed by atoms with Crippen LogP contribution in [-0.4, -0.2) is 25.0 Å². The second-order valence-electron chi connectivity index (χ2n) is 4.58. The Morgan fingerprint density at radius 1 is 1.42 bits per heavy atom. The minimum absolute atomic E-state index is 0.318. The molecule has 1 amide bonds. The largest absolute Gasteiger partial charge is 0.352 e. The van der Waals surface area contributed by atoms with Crippen LogP contribution in [0.5, 0.6) is 0 Å². The molecule has 0 spiro atoms. The molecule has 0 aromatic heterocycles. The van der Waals surface area contributed by atoms with Crippen molar-refractivity contribution in [1.82, 2.24) is 10.6 Å². The van der Waals surface area contributed by atoms with E-state index in [-0.39, 0.29) is 10.6 Å². The Bertz CT molecular complexity index is 476. The maximum Gasteiger partial charge on any atom is 0.254 e. The number of nitrogens with one attached hydrogen (secondary N) is 2. The van der Waals surface area contributed by atoms with E-state index in [9.17, 15) is 13.6 Å². The first-order valence-electron chi connectivity index (χ1n) is 6.24. The van der Waals surface area contributed by atoms with Gasteiger partial charge < -0.3 is 10.6 Å². The van der Waals surface area contributed by atoms with Crippen molar-refractivity contribution < 1.29 is 13.6 Å². The quantitative estimate of drug-likeness (QED) is 0.836. The summed E-state index contributed by atoms with van der Waals surface area (Å²) in [4.78, 5) is 11.7. The fraction of sp³-hybridized carbons (Fsp3) is 0.462. The molecular weight excluding hydrogens is 274 g/mol. The molecule has 0 saturated carbocycles. The van der Waals surface area contributed by atoms with Crippen LogP contribution in [0.1, 0.15) is 29.6 Å². The van der Waals surface area contributed by atoms with Crippen LogP contribution in [0, 0.1) is 11.6 Å². The highest BCUT2D eigenvalue weighted by atomic mass is 35.5. The predicted octanol–water partition coefficient (Wildman–Crippen LogP) is 2.49. The molecule has 6 heteroatoms. The second kappa shape index (κ2) is 6.30. The molecule has 0 radical (unpaired) electrons. The number of hydrogen-bond donors (Lipinski definition) is 2. The maximum atomic E-state index is 13.5. The molecule has 3 nitrogen and oxygen atoms in total. The zero-order valence-corrected chi connectivity index (χ0v) is 11.1. The average Bonchev–Trinajstić information content (AvgIpc) is 2.86. The normalized spacial score (nSPS) is 18.6. The Kier molecular flexibility index (Phi) is 4.71. The number of rotatable bonds is 4. The van der Waals surface area contributed by atoms with Crippen LogP contribution in [0.25, 0.3) is 0 Å². The average molecular weight is 289 g/mol. The fourth-order valence-corrected chi connectivity index (χ4v) is 2.31. The van der Waals surface area contributed by atoms with Gasteiger partial charge in [0, 0.05) is 12.6 Å². The molecule has 2 rings (SSSR count). The van der Waals surface area contributed by atoms with Crippen LogP contribution >= 0.6 is 11.6 Å². The van der Waals surface area contributed by atoms with Crippen molar-refractivity contribution >= 4 is 17.5 Å². The molecule has 1 aromatic carbocycles. The summed E-state index contributed by atoms with van der Waals surface area (Å²) in [5.74, 6) is -2.24. The van der Waals surface area contributed by atoms with Gasteiger partial charge in [-0.3, -0.25) is 4.79 Å². The molecule has 1 aliphatic rings. The molecule has 19 heavy (non-hydrogen) atoms. The van der Waals surface area contributed by atoms with Crippen molar-refractivity contribution in [3.8, 4) is 0 Å². The predicted molar refractivity (Wildman–Crippen MR) is 69.3 cm³/mol. The van der Waals surface area contributed by atoms with Crippen molar-refractivity contribution in [2.24, 2.45) is 0 Å². The van der Waals surface area contributed by atoms with Crippen LogP contribution in [0.3, 0.4) is 0 Å². The van der Waals surface area contributed by atoms with E-state index < -0.39 is 17.5 Å². The highest BCUT2D eigenvalue weighted by Gasteiger charge is 2.17. The van der Waals surface area contributed by atoms with Gasteiger partial charge in [0.05, 0.1) is 10.6 Å². The van der Waals surface area contributed by atoms with Gasteiger partial charge in [-0.05, 0) is 37.9 Å². The van der Waals surface area contributed by atoms with Crippen LogP contribution in [0.2, 0.25) is 5.02 Å². The summed E-state index contributed by atoms with van der Waals surface area (Å²) < 4.78 is 26.7. The lowest BCUT2D eigenvalue weighted by molar-refractivity contribution is 0.0948. The minimum Gasteiger partial charge on any atom is -0.352 e. The molecule has 1 aromatic rings. The summed E-state index contributed by atoms with van der Waals surface area (Å²) >= 11 is 5.43. The van der Waals surface area contributed by atoms with E-state index in [0.29, 0.717) is 12.6 Å². The molecule has 1 heterocycles.